The molecule has 0 saturated carbocycles. The number of aromatic nitrogens is 1. The third kappa shape index (κ3) is 3.96. The van der Waals surface area contributed by atoms with Crippen LogP contribution in [0.1, 0.15) is 25.3 Å². The van der Waals surface area contributed by atoms with Gasteiger partial charge in [-0.25, -0.2) is 0 Å². The van der Waals surface area contributed by atoms with E-state index in [4.69, 9.17) is 22.7 Å². The number of hydrogen-bond acceptors (Lipinski definition) is 4. The first-order valence-electron chi connectivity index (χ1n) is 5.71. The molecule has 0 aliphatic rings. The molecule has 0 aromatic carbocycles. The fourth-order valence-corrected chi connectivity index (χ4v) is 1.52. The Kier molecular flexibility index (Phi) is 5.51. The molecule has 98 valence electrons. The molecule has 0 saturated heterocycles. The van der Waals surface area contributed by atoms with Gasteiger partial charge in [-0.15, -0.1) is 0 Å². The van der Waals surface area contributed by atoms with Crippen molar-refractivity contribution in [1.29, 1.82) is 0 Å². The summed E-state index contributed by atoms with van der Waals surface area (Å²) in [5.74, 6) is -0.439. The normalized spacial score (nSPS) is 10.1. The van der Waals surface area contributed by atoms with Crippen LogP contribution in [0.5, 0.6) is 0 Å². The maximum atomic E-state index is 11.9. The van der Waals surface area contributed by atoms with E-state index in [1.165, 1.54) is 16.8 Å². The van der Waals surface area contributed by atoms with E-state index in [2.05, 4.69) is 0 Å². The minimum atomic E-state index is -0.439. The van der Waals surface area contributed by atoms with Crippen molar-refractivity contribution in [2.75, 3.05) is 6.61 Å². The van der Waals surface area contributed by atoms with Gasteiger partial charge >= 0.3 is 5.97 Å². The van der Waals surface area contributed by atoms with Crippen LogP contribution in [0.3, 0.4) is 0 Å². The van der Waals surface area contributed by atoms with Gasteiger partial charge in [-0.05, 0) is 18.6 Å². The summed E-state index contributed by atoms with van der Waals surface area (Å²) >= 11 is 4.76. The van der Waals surface area contributed by atoms with Gasteiger partial charge in [0.05, 0.1) is 12.2 Å². The Morgan fingerprint density at radius 3 is 2.89 bits per heavy atom. The molecule has 0 spiro atoms. The van der Waals surface area contributed by atoms with Crippen LogP contribution in [0.25, 0.3) is 0 Å². The zero-order chi connectivity index (χ0) is 13.5. The van der Waals surface area contributed by atoms with Crippen LogP contribution in [0.4, 0.5) is 0 Å². The largest absolute Gasteiger partial charge is 0.464 e. The van der Waals surface area contributed by atoms with E-state index in [9.17, 15) is 9.59 Å². The molecule has 2 N–H and O–H groups in total. The predicted molar refractivity (Wildman–Crippen MR) is 72.5 cm³/mol. The molecule has 0 aliphatic heterocycles. The van der Waals surface area contributed by atoms with Crippen molar-refractivity contribution in [2.24, 2.45) is 5.73 Å². The number of esters is 1. The lowest BCUT2D eigenvalue weighted by Gasteiger charge is -2.07. The molecule has 1 heterocycles. The number of rotatable bonds is 6. The second-order valence-electron chi connectivity index (χ2n) is 3.79. The molecule has 1 rings (SSSR count). The number of ether oxygens (including phenoxy) is 1. The summed E-state index contributed by atoms with van der Waals surface area (Å²) in [7, 11) is 0. The summed E-state index contributed by atoms with van der Waals surface area (Å²) in [5.41, 5.74) is 5.27. The van der Waals surface area contributed by atoms with Gasteiger partial charge in [0.15, 0.2) is 0 Å². The molecule has 0 atom stereocenters. The number of carbonyl (C=O) groups excluding carboxylic acids is 1. The van der Waals surface area contributed by atoms with Gasteiger partial charge in [0.1, 0.15) is 11.5 Å². The second kappa shape index (κ2) is 6.90. The van der Waals surface area contributed by atoms with Crippen LogP contribution in [0, 0.1) is 0 Å². The van der Waals surface area contributed by atoms with E-state index in [1.807, 2.05) is 6.92 Å². The van der Waals surface area contributed by atoms with Crippen molar-refractivity contribution < 1.29 is 9.53 Å². The first-order chi connectivity index (χ1) is 8.56. The molecule has 1 aromatic rings. The van der Waals surface area contributed by atoms with E-state index in [-0.39, 0.29) is 22.7 Å². The van der Waals surface area contributed by atoms with Crippen molar-refractivity contribution in [3.8, 4) is 0 Å². The number of pyridine rings is 1. The van der Waals surface area contributed by atoms with Crippen LogP contribution >= 0.6 is 12.2 Å². The van der Waals surface area contributed by atoms with Gasteiger partial charge < -0.3 is 15.0 Å². The maximum Gasteiger partial charge on any atom is 0.326 e. The Bertz CT molecular complexity index is 496. The average Bonchev–Trinajstić information content (AvgIpc) is 2.32. The molecule has 0 fully saturated rings. The van der Waals surface area contributed by atoms with Crippen LogP contribution in [-0.4, -0.2) is 22.1 Å². The maximum absolute atomic E-state index is 11.9. The lowest BCUT2D eigenvalue weighted by molar-refractivity contribution is -0.144. The lowest BCUT2D eigenvalue weighted by atomic mass is 10.3. The molecule has 0 aliphatic carbocycles. The fraction of sp³-hybridized carbons (Fsp3) is 0.417. The van der Waals surface area contributed by atoms with Gasteiger partial charge in [-0.2, -0.15) is 0 Å². The number of thiocarbonyl (C=S) groups is 1. The first kappa shape index (κ1) is 14.4. The molecule has 18 heavy (non-hydrogen) atoms. The Balaban J connectivity index is 2.73. The van der Waals surface area contributed by atoms with Crippen LogP contribution in [0.2, 0.25) is 0 Å². The van der Waals surface area contributed by atoms with Crippen molar-refractivity contribution in [2.45, 2.75) is 26.3 Å². The number of nitrogens with two attached hydrogens (primary N) is 1. The Morgan fingerprint density at radius 2 is 2.28 bits per heavy atom. The molecule has 5 nitrogen and oxygen atoms in total. The molecule has 0 radical (unpaired) electrons. The van der Waals surface area contributed by atoms with E-state index >= 15 is 0 Å². The van der Waals surface area contributed by atoms with Gasteiger partial charge in [0, 0.05) is 6.20 Å². The third-order valence-corrected chi connectivity index (χ3v) is 2.57. The monoisotopic (exact) mass is 268 g/mol. The fourth-order valence-electron chi connectivity index (χ4n) is 1.36. The van der Waals surface area contributed by atoms with Gasteiger partial charge in [0.25, 0.3) is 5.56 Å². The Hall–Kier alpha value is -1.69. The molecule has 0 bridgehead atoms. The standard InChI is InChI=1S/C12H16N2O3S/c1-2-3-7-17-10(15)8-14-6-4-5-9(11(13)18)12(14)16/h4-6H,2-3,7-8H2,1H3,(H2,13,18). The molecule has 1 aromatic heterocycles. The highest BCUT2D eigenvalue weighted by atomic mass is 32.1. The Morgan fingerprint density at radius 1 is 1.56 bits per heavy atom. The highest BCUT2D eigenvalue weighted by molar-refractivity contribution is 7.80. The van der Waals surface area contributed by atoms with Crippen molar-refractivity contribution in [1.82, 2.24) is 4.57 Å². The molecular formula is C12H16N2O3S. The van der Waals surface area contributed by atoms with E-state index in [1.54, 1.807) is 6.07 Å². The predicted octanol–water partition coefficient (Wildman–Crippen LogP) is 0.826. The van der Waals surface area contributed by atoms with Gasteiger partial charge in [-0.3, -0.25) is 9.59 Å². The summed E-state index contributed by atoms with van der Waals surface area (Å²) in [6, 6.07) is 3.15. The molecular weight excluding hydrogens is 252 g/mol. The summed E-state index contributed by atoms with van der Waals surface area (Å²) in [5, 5.41) is 0. The summed E-state index contributed by atoms with van der Waals surface area (Å²) in [6.45, 7) is 2.25. The SMILES string of the molecule is CCCCOC(=O)Cn1cccc(C(N)=S)c1=O. The highest BCUT2D eigenvalue weighted by Crippen LogP contribution is 1.94. The van der Waals surface area contributed by atoms with Crippen LogP contribution < -0.4 is 11.3 Å². The zero-order valence-electron chi connectivity index (χ0n) is 10.2. The summed E-state index contributed by atoms with van der Waals surface area (Å²) < 4.78 is 6.22. The third-order valence-electron chi connectivity index (χ3n) is 2.35. The molecule has 0 amide bonds. The molecule has 0 unspecified atom stereocenters. The summed E-state index contributed by atoms with van der Waals surface area (Å²) in [4.78, 5) is 23.4. The average molecular weight is 268 g/mol. The van der Waals surface area contributed by atoms with E-state index in [0.717, 1.165) is 12.8 Å². The molecule has 6 heteroatoms. The quantitative estimate of drug-likeness (QED) is 0.470. The van der Waals surface area contributed by atoms with Gasteiger partial charge in [0.2, 0.25) is 0 Å². The van der Waals surface area contributed by atoms with Crippen molar-refractivity contribution in [3.63, 3.8) is 0 Å². The van der Waals surface area contributed by atoms with Crippen molar-refractivity contribution in [3.05, 3.63) is 34.2 Å². The van der Waals surface area contributed by atoms with E-state index < -0.39 is 5.97 Å². The zero-order valence-corrected chi connectivity index (χ0v) is 11.0. The number of hydrogen-bond donors (Lipinski definition) is 1. The second-order valence-corrected chi connectivity index (χ2v) is 4.23. The number of unbranched alkanes of at least 4 members (excludes halogenated alkanes) is 1. The van der Waals surface area contributed by atoms with Crippen molar-refractivity contribution >= 4 is 23.2 Å². The number of carbonyl (C=O) groups is 1. The summed E-state index contributed by atoms with van der Waals surface area (Å²) in [6.07, 6.45) is 3.27. The Labute approximate surface area is 111 Å². The topological polar surface area (TPSA) is 74.3 Å². The minimum Gasteiger partial charge on any atom is -0.464 e. The van der Waals surface area contributed by atoms with Gasteiger partial charge in [-0.1, -0.05) is 25.6 Å². The number of nitrogens with zero attached hydrogens (tertiary/aromatic N) is 1. The smallest absolute Gasteiger partial charge is 0.326 e. The van der Waals surface area contributed by atoms with E-state index in [0.29, 0.717) is 6.61 Å². The first-order valence-corrected chi connectivity index (χ1v) is 6.12. The van der Waals surface area contributed by atoms with Crippen LogP contribution in [-0.2, 0) is 16.1 Å². The minimum absolute atomic E-state index is 0.0219. The lowest BCUT2D eigenvalue weighted by Crippen LogP contribution is -2.31. The highest BCUT2D eigenvalue weighted by Gasteiger charge is 2.09. The van der Waals surface area contributed by atoms with Crippen LogP contribution in [0.15, 0.2) is 23.1 Å².